The third kappa shape index (κ3) is 12.5. The molecule has 20 aromatic carbocycles. The van der Waals surface area contributed by atoms with E-state index in [2.05, 4.69) is 464 Å². The van der Waals surface area contributed by atoms with Gasteiger partial charge in [-0.15, -0.1) is 0 Å². The van der Waals surface area contributed by atoms with Gasteiger partial charge in [-0.25, -0.2) is 0 Å². The number of benzene rings is 20. The smallest absolute Gasteiger partial charge is 0.0541 e. The Morgan fingerprint density at radius 2 is 0.368 bits per heavy atom. The van der Waals surface area contributed by atoms with Crippen LogP contribution in [0.4, 0.5) is 0 Å². The Labute approximate surface area is 730 Å². The lowest BCUT2D eigenvalue weighted by atomic mass is 9.76. The highest BCUT2D eigenvalue weighted by Crippen LogP contribution is 2.53. The first-order valence-corrected chi connectivity index (χ1v) is 44.0. The Hall–Kier alpha value is -15.2. The fraction of sp³-hybridized carbons (Fsp3) is 0.0820. The van der Waals surface area contributed by atoms with E-state index >= 15 is 0 Å². The van der Waals surface area contributed by atoms with Crippen LogP contribution in [0, 0.1) is 55.4 Å². The summed E-state index contributed by atoms with van der Waals surface area (Å²) in [4.78, 5) is 0. The van der Waals surface area contributed by atoms with E-state index in [-0.39, 0.29) is 0 Å². The molecular weight excluding hydrogens is 1510 g/mol. The van der Waals surface area contributed by atoms with Gasteiger partial charge in [0.1, 0.15) is 0 Å². The van der Waals surface area contributed by atoms with Crippen LogP contribution in [-0.2, 0) is 6.54 Å². The first kappa shape index (κ1) is 76.0. The third-order valence-electron chi connectivity index (χ3n) is 27.8. The summed E-state index contributed by atoms with van der Waals surface area (Å²) in [7, 11) is 0. The maximum atomic E-state index is 2.42. The largest absolute Gasteiger partial charge is 0.341 e. The second kappa shape index (κ2) is 30.8. The van der Waals surface area contributed by atoms with Gasteiger partial charge in [0, 0.05) is 61.3 Å². The maximum Gasteiger partial charge on any atom is 0.0541 e. The van der Waals surface area contributed by atoms with Crippen LogP contribution in [0.5, 0.6) is 0 Å². The Kier molecular flexibility index (Phi) is 18.7. The van der Waals surface area contributed by atoms with Crippen LogP contribution in [-0.4, -0.2) is 13.7 Å². The highest BCUT2D eigenvalue weighted by Gasteiger charge is 2.28. The molecule has 23 rings (SSSR count). The zero-order valence-corrected chi connectivity index (χ0v) is 72.0. The van der Waals surface area contributed by atoms with E-state index in [0.29, 0.717) is 0 Å². The van der Waals surface area contributed by atoms with Crippen LogP contribution in [0.15, 0.2) is 388 Å². The number of nitrogens with zero attached hydrogens (tertiary/aromatic N) is 3. The van der Waals surface area contributed by atoms with Crippen molar-refractivity contribution in [2.75, 3.05) is 0 Å². The lowest BCUT2D eigenvalue weighted by Gasteiger charge is -2.27. The number of hydrogen-bond donors (Lipinski definition) is 0. The van der Waals surface area contributed by atoms with E-state index in [1.165, 1.54) is 265 Å². The van der Waals surface area contributed by atoms with Gasteiger partial charge in [0.2, 0.25) is 0 Å². The molecule has 3 heteroatoms. The van der Waals surface area contributed by atoms with Crippen LogP contribution in [0.3, 0.4) is 0 Å². The molecule has 0 aliphatic rings. The first-order chi connectivity index (χ1) is 61.3. The minimum absolute atomic E-state index is 0.954. The quantitative estimate of drug-likeness (QED) is 0.108. The fourth-order valence-electron chi connectivity index (χ4n) is 20.8. The molecule has 0 aliphatic carbocycles. The molecule has 0 bridgehead atoms. The van der Waals surface area contributed by atoms with Crippen molar-refractivity contribution in [3.63, 3.8) is 0 Å². The number of fused-ring (bicyclic) bond motifs is 13. The van der Waals surface area contributed by atoms with Gasteiger partial charge in [0.15, 0.2) is 0 Å². The minimum Gasteiger partial charge on any atom is -0.341 e. The molecule has 0 atom stereocenters. The summed E-state index contributed by atoms with van der Waals surface area (Å²) in [6.45, 7) is 21.8. The van der Waals surface area contributed by atoms with Gasteiger partial charge in [0.05, 0.1) is 22.1 Å². The third-order valence-corrected chi connectivity index (χ3v) is 27.8. The van der Waals surface area contributed by atoms with Crippen LogP contribution < -0.4 is 0 Å². The monoisotopic (exact) mass is 1600 g/mol. The molecule has 0 saturated heterocycles. The number of hydrogen-bond acceptors (Lipinski definition) is 0. The van der Waals surface area contributed by atoms with Crippen molar-refractivity contribution in [1.82, 2.24) is 13.7 Å². The van der Waals surface area contributed by atoms with Gasteiger partial charge < -0.3 is 13.7 Å². The summed E-state index contributed by atoms with van der Waals surface area (Å²) in [5.41, 5.74) is 43.2. The summed E-state index contributed by atoms with van der Waals surface area (Å²) >= 11 is 0. The summed E-state index contributed by atoms with van der Waals surface area (Å²) in [6.07, 6.45) is 0. The second-order valence-electron chi connectivity index (χ2n) is 34.2. The average Bonchev–Trinajstić information content (AvgIpc) is 1.68. The van der Waals surface area contributed by atoms with Crippen molar-refractivity contribution in [3.8, 4) is 112 Å². The summed E-state index contributed by atoms with van der Waals surface area (Å²) < 4.78 is 7.17. The Balaban J connectivity index is 0.000000149. The second-order valence-corrected chi connectivity index (χ2v) is 34.2. The summed E-state index contributed by atoms with van der Waals surface area (Å²) in [6, 6.07) is 143. The zero-order chi connectivity index (χ0) is 84.4. The van der Waals surface area contributed by atoms with Gasteiger partial charge >= 0.3 is 0 Å². The van der Waals surface area contributed by atoms with Crippen LogP contribution in [0.1, 0.15) is 51.4 Å². The molecule has 3 heterocycles. The van der Waals surface area contributed by atoms with Gasteiger partial charge in [-0.3, -0.25) is 0 Å². The van der Waals surface area contributed by atoms with Gasteiger partial charge in [-0.05, 0) is 329 Å². The van der Waals surface area contributed by atoms with Gasteiger partial charge in [-0.1, -0.05) is 309 Å². The molecular formula is C122H93N3. The molecule has 0 amide bonds. The number of rotatable bonds is 12. The predicted molar refractivity (Wildman–Crippen MR) is 537 cm³/mol. The zero-order valence-electron chi connectivity index (χ0n) is 72.0. The molecule has 0 fully saturated rings. The highest BCUT2D eigenvalue weighted by molar-refractivity contribution is 6.26. The molecule has 3 aromatic heterocycles. The lowest BCUT2D eigenvalue weighted by Crippen LogP contribution is -2.03. The van der Waals surface area contributed by atoms with Gasteiger partial charge in [-0.2, -0.15) is 0 Å². The van der Waals surface area contributed by atoms with Crippen molar-refractivity contribution < 1.29 is 0 Å². The van der Waals surface area contributed by atoms with Crippen LogP contribution >= 0.6 is 0 Å². The first-order valence-electron chi connectivity index (χ1n) is 44.0. The molecule has 0 radical (unpaired) electrons. The van der Waals surface area contributed by atoms with Crippen molar-refractivity contribution in [2.45, 2.75) is 68.9 Å². The number of aryl methyl sites for hydroxylation is 5. The van der Waals surface area contributed by atoms with Crippen molar-refractivity contribution in [1.29, 1.82) is 0 Å². The van der Waals surface area contributed by atoms with Crippen LogP contribution in [0.25, 0.3) is 220 Å². The maximum absolute atomic E-state index is 2.42. The lowest BCUT2D eigenvalue weighted by molar-refractivity contribution is 0.827. The fourth-order valence-corrected chi connectivity index (χ4v) is 20.8. The van der Waals surface area contributed by atoms with E-state index in [0.717, 1.165) is 6.54 Å². The standard InChI is InChI=1S/C62H40N2.C60H53N/c1-3-15-47(16-4-1)63-57-25-13-11-19-49(57)55-39-45(35-37-59(55)63)41-27-31-43(32-28-41)61-51-21-7-9-23-53(51)62(54-24-10-8-22-52(54)61)44-33-29-42(30-34-44)46-36-38-60-56(40-46)50-20-12-14-26-58(50)64(60)48-17-5-2-6-18-48;1-10-61-53-19-15-14-18-51(53)52-34-50(32-33-54(52)61)47-22-20-45(21-23-47)46-26-30-49(31-27-46)60-57-41(8)37(4)35(2)39(6)55(57)59(56-40(7)36(3)38(5)42(9)58(56)60)48-28-24-44(25-29-48)43-16-12-11-13-17-43/h1-40H;11-34H,10H2,1-9H3. The van der Waals surface area contributed by atoms with Crippen molar-refractivity contribution in [2.24, 2.45) is 0 Å². The molecule has 0 N–H and O–H groups in total. The van der Waals surface area contributed by atoms with E-state index < -0.39 is 0 Å². The van der Waals surface area contributed by atoms with E-state index in [1.807, 2.05) is 0 Å². The molecule has 0 unspecified atom stereocenters. The van der Waals surface area contributed by atoms with Crippen molar-refractivity contribution >= 4 is 109 Å². The van der Waals surface area contributed by atoms with Gasteiger partial charge in [0.25, 0.3) is 0 Å². The summed E-state index contributed by atoms with van der Waals surface area (Å²) in [5.74, 6) is 0. The summed E-state index contributed by atoms with van der Waals surface area (Å²) in [5, 5.41) is 18.2. The molecule has 0 spiro atoms. The molecule has 23 aromatic rings. The normalized spacial score (nSPS) is 11.8. The number of para-hydroxylation sites is 5. The van der Waals surface area contributed by atoms with E-state index in [9.17, 15) is 0 Å². The Morgan fingerprint density at radius 1 is 0.160 bits per heavy atom. The molecule has 596 valence electrons. The molecule has 0 saturated carbocycles. The molecule has 125 heavy (non-hydrogen) atoms. The minimum atomic E-state index is 0.954. The van der Waals surface area contributed by atoms with E-state index in [1.54, 1.807) is 0 Å². The van der Waals surface area contributed by atoms with Crippen molar-refractivity contribution in [3.05, 3.63) is 433 Å². The highest BCUT2D eigenvalue weighted by atomic mass is 15.0. The molecule has 3 nitrogen and oxygen atoms in total. The topological polar surface area (TPSA) is 14.8 Å². The SMILES string of the molecule is CCn1c2ccccc2c2cc(-c3ccc(-c4ccc(-c5c6c(C)c(C)c(C)c(C)c6c(-c6ccc(-c7ccccc7)cc6)c6c(C)c(C)c(C)c(C)c56)cc4)cc3)ccc21.c1ccc(-n2c3ccccc3c3cc(-c4ccc(-c5c6ccccc6c(-c6ccc(-c7ccc8c(c7)c7ccccc7n8-c7ccccc7)cc6)c6ccccc56)cc4)ccc32)cc1. The Bertz CT molecular complexity index is 7850. The number of aromatic nitrogens is 3. The average molecular weight is 1600 g/mol. The predicted octanol–water partition coefficient (Wildman–Crippen LogP) is 33.8. The van der Waals surface area contributed by atoms with Crippen LogP contribution in [0.2, 0.25) is 0 Å². The molecule has 0 aliphatic heterocycles. The van der Waals surface area contributed by atoms with E-state index in [4.69, 9.17) is 0 Å². The Morgan fingerprint density at radius 3 is 0.688 bits per heavy atom.